The Morgan fingerprint density at radius 3 is 2.38 bits per heavy atom. The monoisotopic (exact) mass is 356 g/mol. The van der Waals surface area contributed by atoms with Crippen LogP contribution in [0.2, 0.25) is 18.1 Å². The van der Waals surface area contributed by atoms with E-state index >= 15 is 0 Å². The largest absolute Gasteiger partial charge is 0.417 e. The Morgan fingerprint density at radius 1 is 1.38 bits per heavy atom. The van der Waals surface area contributed by atoms with E-state index in [1.165, 1.54) is 3.58 Å². The van der Waals surface area contributed by atoms with Crippen LogP contribution in [0, 0.1) is 0 Å². The summed E-state index contributed by atoms with van der Waals surface area (Å²) in [5.41, 5.74) is 0. The fraction of sp³-hybridized carbons (Fsp3) is 0.833. The zero-order valence-corrected chi connectivity index (χ0v) is 14.3. The van der Waals surface area contributed by atoms with Gasteiger partial charge in [-0.3, -0.25) is 0 Å². The standard InChI is InChI=1S/C12H25IO2Si/c1-12(2,3)16(4,5)15-10-6-7-11(13)8-9-14/h8,14H,6-7,9-10H2,1-5H3/b11-8-. The van der Waals surface area contributed by atoms with Crippen LogP contribution in [0.1, 0.15) is 33.6 Å². The van der Waals surface area contributed by atoms with E-state index in [-0.39, 0.29) is 6.61 Å². The Labute approximate surface area is 115 Å². The highest BCUT2D eigenvalue weighted by atomic mass is 127. The molecule has 0 aliphatic heterocycles. The number of aliphatic hydroxyl groups is 1. The highest BCUT2D eigenvalue weighted by Gasteiger charge is 2.36. The number of halogens is 1. The smallest absolute Gasteiger partial charge is 0.191 e. The lowest BCUT2D eigenvalue weighted by Gasteiger charge is -2.36. The fourth-order valence-electron chi connectivity index (χ4n) is 0.986. The minimum Gasteiger partial charge on any atom is -0.417 e. The van der Waals surface area contributed by atoms with Crippen molar-refractivity contribution < 1.29 is 9.53 Å². The van der Waals surface area contributed by atoms with Crippen molar-refractivity contribution in [2.24, 2.45) is 0 Å². The van der Waals surface area contributed by atoms with Crippen LogP contribution in [0.5, 0.6) is 0 Å². The topological polar surface area (TPSA) is 29.5 Å². The van der Waals surface area contributed by atoms with Crippen molar-refractivity contribution in [3.8, 4) is 0 Å². The number of rotatable bonds is 6. The molecule has 2 nitrogen and oxygen atoms in total. The van der Waals surface area contributed by atoms with E-state index in [4.69, 9.17) is 9.53 Å². The SMILES string of the molecule is CC(C)(C)[Si](C)(C)OCCC/C(I)=C/CO. The van der Waals surface area contributed by atoms with Gasteiger partial charge in [-0.25, -0.2) is 0 Å². The average Bonchev–Trinajstić information content (AvgIpc) is 2.11. The summed E-state index contributed by atoms with van der Waals surface area (Å²) in [4.78, 5) is 0. The maximum Gasteiger partial charge on any atom is 0.191 e. The van der Waals surface area contributed by atoms with Crippen molar-refractivity contribution in [2.45, 2.75) is 51.7 Å². The maximum atomic E-state index is 8.72. The summed E-state index contributed by atoms with van der Waals surface area (Å²) in [5, 5.41) is 9.02. The summed E-state index contributed by atoms with van der Waals surface area (Å²) < 4.78 is 7.29. The van der Waals surface area contributed by atoms with E-state index < -0.39 is 8.32 Å². The van der Waals surface area contributed by atoms with Gasteiger partial charge >= 0.3 is 0 Å². The summed E-state index contributed by atoms with van der Waals surface area (Å²) in [5.74, 6) is 0. The third-order valence-corrected chi connectivity index (χ3v) is 8.66. The van der Waals surface area contributed by atoms with Gasteiger partial charge < -0.3 is 9.53 Å². The summed E-state index contributed by atoms with van der Waals surface area (Å²) in [6, 6.07) is 0. The first kappa shape index (κ1) is 16.6. The number of hydrogen-bond donors (Lipinski definition) is 1. The Bertz CT molecular complexity index is 232. The van der Waals surface area contributed by atoms with E-state index in [0.29, 0.717) is 5.04 Å². The predicted molar refractivity (Wildman–Crippen MR) is 81.6 cm³/mol. The van der Waals surface area contributed by atoms with Gasteiger partial charge in [0.15, 0.2) is 8.32 Å². The number of aliphatic hydroxyl groups excluding tert-OH is 1. The molecule has 0 spiro atoms. The third kappa shape index (κ3) is 6.37. The van der Waals surface area contributed by atoms with E-state index in [1.807, 2.05) is 6.08 Å². The molecule has 0 aromatic rings. The lowest BCUT2D eigenvalue weighted by molar-refractivity contribution is 0.283. The molecule has 16 heavy (non-hydrogen) atoms. The van der Waals surface area contributed by atoms with Crippen LogP contribution in [0.25, 0.3) is 0 Å². The van der Waals surface area contributed by atoms with Crippen LogP contribution in [0.4, 0.5) is 0 Å². The van der Waals surface area contributed by atoms with Crippen molar-refractivity contribution in [3.63, 3.8) is 0 Å². The van der Waals surface area contributed by atoms with Gasteiger partial charge in [0, 0.05) is 6.61 Å². The fourth-order valence-corrected chi connectivity index (χ4v) is 2.65. The van der Waals surface area contributed by atoms with Gasteiger partial charge in [0.2, 0.25) is 0 Å². The number of allylic oxidation sites excluding steroid dienone is 1. The van der Waals surface area contributed by atoms with E-state index in [9.17, 15) is 0 Å². The molecular weight excluding hydrogens is 331 g/mol. The summed E-state index contributed by atoms with van der Waals surface area (Å²) in [6.45, 7) is 12.3. The Kier molecular flexibility index (Phi) is 7.40. The second-order valence-corrected chi connectivity index (χ2v) is 11.7. The summed E-state index contributed by atoms with van der Waals surface area (Å²) in [7, 11) is -1.57. The Balaban J connectivity index is 3.87. The molecule has 0 heterocycles. The van der Waals surface area contributed by atoms with E-state index in [2.05, 4.69) is 56.5 Å². The quantitative estimate of drug-likeness (QED) is 0.441. The molecule has 0 saturated heterocycles. The molecule has 0 aliphatic rings. The molecule has 0 atom stereocenters. The molecule has 0 aromatic carbocycles. The Hall–Kier alpha value is 0.607. The molecule has 0 fully saturated rings. The predicted octanol–water partition coefficient (Wildman–Crippen LogP) is 4.10. The second-order valence-electron chi connectivity index (χ2n) is 5.55. The van der Waals surface area contributed by atoms with E-state index in [1.54, 1.807) is 0 Å². The normalized spacial score (nSPS) is 14.3. The first-order valence-corrected chi connectivity index (χ1v) is 9.79. The van der Waals surface area contributed by atoms with Crippen LogP contribution in [-0.4, -0.2) is 26.6 Å². The maximum absolute atomic E-state index is 8.72. The molecule has 0 aliphatic carbocycles. The lowest BCUT2D eigenvalue weighted by atomic mass is 10.2. The van der Waals surface area contributed by atoms with Crippen molar-refractivity contribution in [1.29, 1.82) is 0 Å². The zero-order valence-electron chi connectivity index (χ0n) is 11.1. The molecular formula is C12H25IO2Si. The van der Waals surface area contributed by atoms with Crippen molar-refractivity contribution >= 4 is 30.9 Å². The van der Waals surface area contributed by atoms with Gasteiger partial charge in [-0.1, -0.05) is 20.8 Å². The minimum atomic E-state index is -1.57. The van der Waals surface area contributed by atoms with Gasteiger partial charge in [-0.2, -0.15) is 0 Å². The number of hydrogen-bond acceptors (Lipinski definition) is 2. The molecule has 0 saturated carbocycles. The van der Waals surface area contributed by atoms with Gasteiger partial charge in [-0.15, -0.1) is 0 Å². The van der Waals surface area contributed by atoms with E-state index in [0.717, 1.165) is 19.4 Å². The van der Waals surface area contributed by atoms with Crippen LogP contribution in [-0.2, 0) is 4.43 Å². The highest BCUT2D eigenvalue weighted by molar-refractivity contribution is 14.1. The molecule has 0 rings (SSSR count). The van der Waals surface area contributed by atoms with Crippen LogP contribution in [0.15, 0.2) is 9.66 Å². The molecule has 0 radical (unpaired) electrons. The molecule has 1 N–H and O–H groups in total. The molecule has 4 heteroatoms. The first-order valence-electron chi connectivity index (χ1n) is 5.80. The van der Waals surface area contributed by atoms with Crippen LogP contribution >= 0.6 is 22.6 Å². The molecule has 96 valence electrons. The minimum absolute atomic E-state index is 0.140. The second kappa shape index (κ2) is 7.13. The van der Waals surface area contributed by atoms with Crippen molar-refractivity contribution in [3.05, 3.63) is 9.66 Å². The zero-order chi connectivity index (χ0) is 12.8. The van der Waals surface area contributed by atoms with Gasteiger partial charge in [0.05, 0.1) is 6.61 Å². The molecule has 0 amide bonds. The Morgan fingerprint density at radius 2 is 1.94 bits per heavy atom. The van der Waals surface area contributed by atoms with Crippen molar-refractivity contribution in [1.82, 2.24) is 0 Å². The summed E-state index contributed by atoms with van der Waals surface area (Å²) in [6.07, 6.45) is 3.91. The van der Waals surface area contributed by atoms with Crippen molar-refractivity contribution in [2.75, 3.05) is 13.2 Å². The van der Waals surface area contributed by atoms with Crippen LogP contribution < -0.4 is 0 Å². The average molecular weight is 356 g/mol. The molecule has 0 bridgehead atoms. The third-order valence-electron chi connectivity index (χ3n) is 3.14. The van der Waals surface area contributed by atoms with Gasteiger partial charge in [-0.05, 0) is 63.2 Å². The first-order chi connectivity index (χ1) is 7.20. The molecule has 0 aromatic heterocycles. The summed E-state index contributed by atoms with van der Waals surface area (Å²) >= 11 is 2.28. The molecule has 0 unspecified atom stereocenters. The highest BCUT2D eigenvalue weighted by Crippen LogP contribution is 2.36. The van der Waals surface area contributed by atoms with Gasteiger partial charge in [0.25, 0.3) is 0 Å². The van der Waals surface area contributed by atoms with Crippen LogP contribution in [0.3, 0.4) is 0 Å². The lowest BCUT2D eigenvalue weighted by Crippen LogP contribution is -2.40. The van der Waals surface area contributed by atoms with Gasteiger partial charge in [0.1, 0.15) is 0 Å².